The van der Waals surface area contributed by atoms with Crippen molar-refractivity contribution in [2.24, 2.45) is 7.05 Å². The highest BCUT2D eigenvalue weighted by atomic mass is 35.5. The van der Waals surface area contributed by atoms with E-state index in [-0.39, 0.29) is 6.04 Å². The maximum Gasteiger partial charge on any atom is 0.160 e. The van der Waals surface area contributed by atoms with E-state index in [2.05, 4.69) is 15.3 Å². The van der Waals surface area contributed by atoms with Crippen LogP contribution >= 0.6 is 11.6 Å². The van der Waals surface area contributed by atoms with Crippen molar-refractivity contribution < 1.29 is 8.78 Å². The number of rotatable bonds is 4. The van der Waals surface area contributed by atoms with Crippen LogP contribution in [0.25, 0.3) is 0 Å². The molecule has 1 saturated heterocycles. The fraction of sp³-hybridized carbons (Fsp3) is 0.471. The minimum absolute atomic E-state index is 0.194. The molecule has 1 fully saturated rings. The lowest BCUT2D eigenvalue weighted by Gasteiger charge is -2.33. The molecule has 0 saturated carbocycles. The summed E-state index contributed by atoms with van der Waals surface area (Å²) in [5.74, 6) is -1.65. The average Bonchev–Trinajstić information content (AvgIpc) is 2.78. The molecule has 0 bridgehead atoms. The molecule has 2 aromatic rings. The maximum atomic E-state index is 13.3. The van der Waals surface area contributed by atoms with Gasteiger partial charge in [0.05, 0.1) is 5.69 Å². The zero-order valence-electron chi connectivity index (χ0n) is 13.8. The molecule has 0 radical (unpaired) electrons. The Morgan fingerprint density at radius 1 is 1.33 bits per heavy atom. The van der Waals surface area contributed by atoms with Crippen LogP contribution in [0, 0.1) is 18.6 Å². The van der Waals surface area contributed by atoms with Crippen LogP contribution in [0.1, 0.15) is 24.1 Å². The van der Waals surface area contributed by atoms with Crippen molar-refractivity contribution in [1.82, 2.24) is 14.7 Å². The lowest BCUT2D eigenvalue weighted by molar-refractivity contribution is 0.208. The number of halogens is 3. The summed E-state index contributed by atoms with van der Waals surface area (Å²) in [5, 5.41) is 8.31. The quantitative estimate of drug-likeness (QED) is 0.908. The van der Waals surface area contributed by atoms with Gasteiger partial charge in [0.1, 0.15) is 5.15 Å². The van der Waals surface area contributed by atoms with Gasteiger partial charge in [-0.15, -0.1) is 0 Å². The van der Waals surface area contributed by atoms with Gasteiger partial charge in [-0.25, -0.2) is 8.78 Å². The monoisotopic (exact) mass is 354 g/mol. The summed E-state index contributed by atoms with van der Waals surface area (Å²) in [7, 11) is 1.84. The lowest BCUT2D eigenvalue weighted by atomic mass is 10.0. The van der Waals surface area contributed by atoms with E-state index in [0.717, 1.165) is 49.8 Å². The second-order valence-corrected chi connectivity index (χ2v) is 6.68. The molecule has 0 amide bonds. The van der Waals surface area contributed by atoms with E-state index in [4.69, 9.17) is 11.6 Å². The first-order valence-electron chi connectivity index (χ1n) is 8.06. The number of anilines is 1. The van der Waals surface area contributed by atoms with Crippen molar-refractivity contribution >= 4 is 17.3 Å². The zero-order valence-corrected chi connectivity index (χ0v) is 14.6. The van der Waals surface area contributed by atoms with Crippen LogP contribution in [0.5, 0.6) is 0 Å². The molecule has 1 aromatic heterocycles. The van der Waals surface area contributed by atoms with Crippen molar-refractivity contribution in [3.05, 3.63) is 46.2 Å². The van der Waals surface area contributed by atoms with Crippen LogP contribution in [0.15, 0.2) is 18.2 Å². The Morgan fingerprint density at radius 2 is 2.12 bits per heavy atom. The van der Waals surface area contributed by atoms with Gasteiger partial charge in [-0.2, -0.15) is 5.10 Å². The minimum Gasteiger partial charge on any atom is -0.381 e. The molecular weight excluding hydrogens is 334 g/mol. The van der Waals surface area contributed by atoms with E-state index in [1.54, 1.807) is 10.7 Å². The van der Waals surface area contributed by atoms with Gasteiger partial charge in [0.2, 0.25) is 0 Å². The Labute approximate surface area is 145 Å². The standard InChI is InChI=1S/C17H21ClF2N4/c1-11-14(17(18)23(2)22-11)10-24-7-3-4-13(9-24)21-12-5-6-15(19)16(20)8-12/h5-6,8,13,21H,3-4,7,9-10H2,1-2H3/t13-/m1/s1. The molecule has 7 heteroatoms. The van der Waals surface area contributed by atoms with E-state index in [1.807, 2.05) is 14.0 Å². The molecule has 0 spiro atoms. The third-order valence-corrected chi connectivity index (χ3v) is 4.92. The number of nitrogens with zero attached hydrogens (tertiary/aromatic N) is 3. The van der Waals surface area contributed by atoms with Crippen LogP contribution in [-0.2, 0) is 13.6 Å². The topological polar surface area (TPSA) is 33.1 Å². The van der Waals surface area contributed by atoms with Gasteiger partial charge in [0.25, 0.3) is 0 Å². The number of likely N-dealkylation sites (tertiary alicyclic amines) is 1. The summed E-state index contributed by atoms with van der Waals surface area (Å²) >= 11 is 6.31. The van der Waals surface area contributed by atoms with Crippen molar-refractivity contribution in [2.75, 3.05) is 18.4 Å². The van der Waals surface area contributed by atoms with Gasteiger partial charge in [0, 0.05) is 43.5 Å². The number of hydrogen-bond acceptors (Lipinski definition) is 3. The van der Waals surface area contributed by atoms with Gasteiger partial charge < -0.3 is 5.32 Å². The van der Waals surface area contributed by atoms with Gasteiger partial charge in [0.15, 0.2) is 11.6 Å². The summed E-state index contributed by atoms with van der Waals surface area (Å²) < 4.78 is 28.1. The van der Waals surface area contributed by atoms with E-state index < -0.39 is 11.6 Å². The number of aromatic nitrogens is 2. The van der Waals surface area contributed by atoms with Crippen LogP contribution in [0.3, 0.4) is 0 Å². The smallest absolute Gasteiger partial charge is 0.160 e. The first-order chi connectivity index (χ1) is 11.4. The SMILES string of the molecule is Cc1nn(C)c(Cl)c1CN1CCC[C@@H](Nc2ccc(F)c(F)c2)C1. The lowest BCUT2D eigenvalue weighted by Crippen LogP contribution is -2.41. The largest absolute Gasteiger partial charge is 0.381 e. The predicted molar refractivity (Wildman–Crippen MR) is 91.2 cm³/mol. The van der Waals surface area contributed by atoms with Crippen LogP contribution in [0.4, 0.5) is 14.5 Å². The molecule has 130 valence electrons. The second kappa shape index (κ2) is 7.07. The van der Waals surface area contributed by atoms with E-state index >= 15 is 0 Å². The second-order valence-electron chi connectivity index (χ2n) is 6.33. The Bertz CT molecular complexity index is 732. The molecule has 2 heterocycles. The van der Waals surface area contributed by atoms with Crippen LogP contribution < -0.4 is 5.32 Å². The number of nitrogens with one attached hydrogen (secondary N) is 1. The van der Waals surface area contributed by atoms with Crippen molar-refractivity contribution in [2.45, 2.75) is 32.4 Å². The van der Waals surface area contributed by atoms with Crippen molar-refractivity contribution in [3.63, 3.8) is 0 Å². The summed E-state index contributed by atoms with van der Waals surface area (Å²) in [6.45, 7) is 4.51. The van der Waals surface area contributed by atoms with E-state index in [1.165, 1.54) is 6.07 Å². The summed E-state index contributed by atoms with van der Waals surface area (Å²) in [6, 6.07) is 4.12. The molecule has 4 nitrogen and oxygen atoms in total. The molecule has 0 unspecified atom stereocenters. The fourth-order valence-corrected chi connectivity index (χ4v) is 3.45. The maximum absolute atomic E-state index is 13.3. The first-order valence-corrected chi connectivity index (χ1v) is 8.43. The molecular formula is C17H21ClF2N4. The van der Waals surface area contributed by atoms with Gasteiger partial charge in [-0.05, 0) is 38.4 Å². The third-order valence-electron chi connectivity index (χ3n) is 4.45. The molecule has 3 rings (SSSR count). The zero-order chi connectivity index (χ0) is 17.3. The van der Waals surface area contributed by atoms with Crippen molar-refractivity contribution in [3.8, 4) is 0 Å². The highest BCUT2D eigenvalue weighted by Gasteiger charge is 2.22. The van der Waals surface area contributed by atoms with E-state index in [0.29, 0.717) is 10.8 Å². The molecule has 1 aromatic carbocycles. The highest BCUT2D eigenvalue weighted by molar-refractivity contribution is 6.30. The molecule has 0 aliphatic carbocycles. The Hall–Kier alpha value is -1.66. The van der Waals surface area contributed by atoms with Gasteiger partial charge in [-0.1, -0.05) is 11.6 Å². The molecule has 1 aliphatic rings. The number of benzene rings is 1. The van der Waals surface area contributed by atoms with Crippen molar-refractivity contribution in [1.29, 1.82) is 0 Å². The van der Waals surface area contributed by atoms with Gasteiger partial charge >= 0.3 is 0 Å². The van der Waals surface area contributed by atoms with Crippen LogP contribution in [0.2, 0.25) is 5.15 Å². The normalized spacial score (nSPS) is 18.8. The summed E-state index contributed by atoms with van der Waals surface area (Å²) in [4.78, 5) is 2.32. The predicted octanol–water partition coefficient (Wildman–Crippen LogP) is 3.74. The Balaban J connectivity index is 1.64. The fourth-order valence-electron chi connectivity index (χ4n) is 3.22. The number of aryl methyl sites for hydroxylation is 2. The third kappa shape index (κ3) is 3.70. The molecule has 1 atom stereocenters. The molecule has 1 aliphatic heterocycles. The molecule has 1 N–H and O–H groups in total. The van der Waals surface area contributed by atoms with Crippen LogP contribution in [-0.4, -0.2) is 33.8 Å². The number of hydrogen-bond donors (Lipinski definition) is 1. The Morgan fingerprint density at radius 3 is 2.79 bits per heavy atom. The number of piperidine rings is 1. The minimum atomic E-state index is -0.828. The Kier molecular flexibility index (Phi) is 5.06. The highest BCUT2D eigenvalue weighted by Crippen LogP contribution is 2.24. The summed E-state index contributed by atoms with van der Waals surface area (Å²) in [5.41, 5.74) is 2.60. The van der Waals surface area contributed by atoms with E-state index in [9.17, 15) is 8.78 Å². The molecule has 24 heavy (non-hydrogen) atoms. The summed E-state index contributed by atoms with van der Waals surface area (Å²) in [6.07, 6.45) is 2.04. The van der Waals surface area contributed by atoms with Gasteiger partial charge in [-0.3, -0.25) is 9.58 Å². The average molecular weight is 355 g/mol. The first kappa shape index (κ1) is 17.2.